The molecule has 0 heterocycles. The lowest BCUT2D eigenvalue weighted by atomic mass is 10.1. The van der Waals surface area contributed by atoms with Gasteiger partial charge in [0.05, 0.1) is 18.7 Å². The molecule has 0 amide bonds. The van der Waals surface area contributed by atoms with Gasteiger partial charge in [0.15, 0.2) is 0 Å². The molecule has 1 aromatic carbocycles. The second-order valence-electron chi connectivity index (χ2n) is 4.01. The van der Waals surface area contributed by atoms with E-state index in [1.54, 1.807) is 14.0 Å². The van der Waals surface area contributed by atoms with Crippen LogP contribution in [-0.2, 0) is 11.2 Å². The SMILES string of the molecule is CCc1ccc(OC)c(NCC(C)C(=O)O)c1. The van der Waals surface area contributed by atoms with E-state index >= 15 is 0 Å². The molecule has 0 saturated carbocycles. The zero-order valence-electron chi connectivity index (χ0n) is 10.5. The Balaban J connectivity index is 2.77. The van der Waals surface area contributed by atoms with E-state index in [9.17, 15) is 4.79 Å². The first-order valence-electron chi connectivity index (χ1n) is 5.72. The van der Waals surface area contributed by atoms with Gasteiger partial charge in [-0.1, -0.05) is 19.9 Å². The van der Waals surface area contributed by atoms with Crippen LogP contribution in [0.25, 0.3) is 0 Å². The van der Waals surface area contributed by atoms with Crippen molar-refractivity contribution < 1.29 is 14.6 Å². The third kappa shape index (κ3) is 3.66. The maximum absolute atomic E-state index is 10.7. The molecule has 1 aromatic rings. The first kappa shape index (κ1) is 13.4. The minimum absolute atomic E-state index is 0.388. The molecule has 94 valence electrons. The lowest BCUT2D eigenvalue weighted by Gasteiger charge is -2.14. The van der Waals surface area contributed by atoms with Crippen molar-refractivity contribution in [3.05, 3.63) is 23.8 Å². The van der Waals surface area contributed by atoms with Crippen molar-refractivity contribution in [2.75, 3.05) is 19.0 Å². The monoisotopic (exact) mass is 237 g/mol. The first-order valence-corrected chi connectivity index (χ1v) is 5.72. The number of methoxy groups -OCH3 is 1. The highest BCUT2D eigenvalue weighted by atomic mass is 16.5. The number of benzene rings is 1. The molecule has 17 heavy (non-hydrogen) atoms. The van der Waals surface area contributed by atoms with Gasteiger partial charge in [0.1, 0.15) is 5.75 Å². The van der Waals surface area contributed by atoms with Gasteiger partial charge in [-0.3, -0.25) is 4.79 Å². The minimum Gasteiger partial charge on any atom is -0.495 e. The van der Waals surface area contributed by atoms with Crippen molar-refractivity contribution in [2.24, 2.45) is 5.92 Å². The van der Waals surface area contributed by atoms with E-state index in [1.807, 2.05) is 18.2 Å². The molecule has 0 aliphatic heterocycles. The lowest BCUT2D eigenvalue weighted by Crippen LogP contribution is -2.19. The highest BCUT2D eigenvalue weighted by Gasteiger charge is 2.11. The van der Waals surface area contributed by atoms with Gasteiger partial charge in [-0.05, 0) is 24.1 Å². The van der Waals surface area contributed by atoms with Gasteiger partial charge >= 0.3 is 5.97 Å². The Morgan fingerprint density at radius 2 is 2.24 bits per heavy atom. The van der Waals surface area contributed by atoms with Crippen molar-refractivity contribution >= 4 is 11.7 Å². The standard InChI is InChI=1S/C13H19NO3/c1-4-10-5-6-12(17-3)11(7-10)14-8-9(2)13(15)16/h5-7,9,14H,4,8H2,1-3H3,(H,15,16). The molecule has 1 atom stereocenters. The number of carbonyl (C=O) groups is 1. The molecule has 0 radical (unpaired) electrons. The lowest BCUT2D eigenvalue weighted by molar-refractivity contribution is -0.140. The first-order chi connectivity index (χ1) is 8.08. The molecule has 0 aliphatic carbocycles. The highest BCUT2D eigenvalue weighted by Crippen LogP contribution is 2.25. The van der Waals surface area contributed by atoms with Crippen molar-refractivity contribution in [1.29, 1.82) is 0 Å². The molecule has 1 rings (SSSR count). The van der Waals surface area contributed by atoms with Crippen LogP contribution in [0.5, 0.6) is 5.75 Å². The second-order valence-corrected chi connectivity index (χ2v) is 4.01. The van der Waals surface area contributed by atoms with E-state index in [-0.39, 0.29) is 0 Å². The van der Waals surface area contributed by atoms with Crippen LogP contribution >= 0.6 is 0 Å². The number of carboxylic acid groups (broad SMARTS) is 1. The summed E-state index contributed by atoms with van der Waals surface area (Å²) >= 11 is 0. The Morgan fingerprint density at radius 1 is 1.53 bits per heavy atom. The quantitative estimate of drug-likeness (QED) is 0.797. The summed E-state index contributed by atoms with van der Waals surface area (Å²) in [5.41, 5.74) is 2.04. The molecule has 4 nitrogen and oxygen atoms in total. The number of anilines is 1. The zero-order valence-corrected chi connectivity index (χ0v) is 10.5. The zero-order chi connectivity index (χ0) is 12.8. The topological polar surface area (TPSA) is 58.6 Å². The summed E-state index contributed by atoms with van der Waals surface area (Å²) in [5.74, 6) is -0.493. The van der Waals surface area contributed by atoms with Gasteiger partial charge < -0.3 is 15.2 Å². The van der Waals surface area contributed by atoms with Crippen LogP contribution in [0.1, 0.15) is 19.4 Å². The molecular formula is C13H19NO3. The fraction of sp³-hybridized carbons (Fsp3) is 0.462. The van der Waals surface area contributed by atoms with Gasteiger partial charge in [-0.15, -0.1) is 0 Å². The molecule has 4 heteroatoms. The Morgan fingerprint density at radius 3 is 2.76 bits per heavy atom. The fourth-order valence-electron chi connectivity index (χ4n) is 1.46. The number of aryl methyl sites for hydroxylation is 1. The van der Waals surface area contributed by atoms with Gasteiger partial charge in [0.25, 0.3) is 0 Å². The van der Waals surface area contributed by atoms with E-state index in [0.29, 0.717) is 6.54 Å². The van der Waals surface area contributed by atoms with Crippen LogP contribution in [0.3, 0.4) is 0 Å². The van der Waals surface area contributed by atoms with Crippen molar-refractivity contribution in [1.82, 2.24) is 0 Å². The largest absolute Gasteiger partial charge is 0.495 e. The summed E-state index contributed by atoms with van der Waals surface area (Å²) < 4.78 is 5.23. The van der Waals surface area contributed by atoms with Crippen LogP contribution in [0.2, 0.25) is 0 Å². The Bertz CT molecular complexity index is 390. The molecular weight excluding hydrogens is 218 g/mol. The van der Waals surface area contributed by atoms with E-state index in [4.69, 9.17) is 9.84 Å². The average Bonchev–Trinajstić information content (AvgIpc) is 2.35. The van der Waals surface area contributed by atoms with Crippen LogP contribution in [0, 0.1) is 5.92 Å². The normalized spacial score (nSPS) is 11.9. The summed E-state index contributed by atoms with van der Waals surface area (Å²) in [7, 11) is 1.60. The molecule has 0 saturated heterocycles. The number of carboxylic acids is 1. The molecule has 0 aromatic heterocycles. The Labute approximate surface area is 102 Å². The second kappa shape index (κ2) is 6.13. The van der Waals surface area contributed by atoms with Gasteiger partial charge in [-0.25, -0.2) is 0 Å². The maximum Gasteiger partial charge on any atom is 0.308 e. The molecule has 0 aliphatic rings. The van der Waals surface area contributed by atoms with E-state index < -0.39 is 11.9 Å². The van der Waals surface area contributed by atoms with Crippen LogP contribution in [0.15, 0.2) is 18.2 Å². The minimum atomic E-state index is -0.803. The summed E-state index contributed by atoms with van der Waals surface area (Å²) in [6.45, 7) is 4.13. The van der Waals surface area contributed by atoms with Gasteiger partial charge in [-0.2, -0.15) is 0 Å². The molecule has 0 fully saturated rings. The fourth-order valence-corrected chi connectivity index (χ4v) is 1.46. The van der Waals surface area contributed by atoms with E-state index in [1.165, 1.54) is 5.56 Å². The Kier molecular flexibility index (Phi) is 4.82. The predicted molar refractivity (Wildman–Crippen MR) is 67.7 cm³/mol. The van der Waals surface area contributed by atoms with Gasteiger partial charge in [0, 0.05) is 6.54 Å². The van der Waals surface area contributed by atoms with Crippen molar-refractivity contribution in [3.8, 4) is 5.75 Å². The van der Waals surface area contributed by atoms with Crippen molar-refractivity contribution in [2.45, 2.75) is 20.3 Å². The smallest absolute Gasteiger partial charge is 0.308 e. The maximum atomic E-state index is 10.7. The predicted octanol–water partition coefficient (Wildman–Crippen LogP) is 2.39. The Hall–Kier alpha value is -1.71. The highest BCUT2D eigenvalue weighted by molar-refractivity contribution is 5.70. The van der Waals surface area contributed by atoms with E-state index in [0.717, 1.165) is 17.9 Å². The van der Waals surface area contributed by atoms with Gasteiger partial charge in [0.2, 0.25) is 0 Å². The summed E-state index contributed by atoms with van der Waals surface area (Å²) in [5, 5.41) is 11.9. The van der Waals surface area contributed by atoms with Crippen LogP contribution in [0.4, 0.5) is 5.69 Å². The number of ether oxygens (including phenoxy) is 1. The third-order valence-corrected chi connectivity index (χ3v) is 2.69. The number of aliphatic carboxylic acids is 1. The summed E-state index contributed by atoms with van der Waals surface area (Å²) in [6.07, 6.45) is 0.938. The van der Waals surface area contributed by atoms with Crippen LogP contribution in [-0.4, -0.2) is 24.7 Å². The third-order valence-electron chi connectivity index (χ3n) is 2.69. The molecule has 0 bridgehead atoms. The number of nitrogens with one attached hydrogen (secondary N) is 1. The van der Waals surface area contributed by atoms with Crippen LogP contribution < -0.4 is 10.1 Å². The summed E-state index contributed by atoms with van der Waals surface area (Å²) in [4.78, 5) is 10.7. The van der Waals surface area contributed by atoms with Crippen molar-refractivity contribution in [3.63, 3.8) is 0 Å². The average molecular weight is 237 g/mol. The number of hydrogen-bond acceptors (Lipinski definition) is 3. The summed E-state index contributed by atoms with van der Waals surface area (Å²) in [6, 6.07) is 5.89. The molecule has 1 unspecified atom stereocenters. The number of rotatable bonds is 6. The van der Waals surface area contributed by atoms with E-state index in [2.05, 4.69) is 12.2 Å². The molecule has 0 spiro atoms. The number of hydrogen-bond donors (Lipinski definition) is 2. The molecule has 2 N–H and O–H groups in total.